The first kappa shape index (κ1) is 19.6. The summed E-state index contributed by atoms with van der Waals surface area (Å²) < 4.78 is 33.1. The molecule has 0 fully saturated rings. The van der Waals surface area contributed by atoms with Crippen LogP contribution in [0.2, 0.25) is 0 Å². The van der Waals surface area contributed by atoms with Crippen molar-refractivity contribution in [2.75, 3.05) is 6.61 Å². The summed E-state index contributed by atoms with van der Waals surface area (Å²) in [6, 6.07) is 16.7. The van der Waals surface area contributed by atoms with Crippen LogP contribution in [-0.2, 0) is 14.6 Å². The SMILES string of the molecule is CCCCOS(=O)(=O)[O-].[Na+].c1ccc2ccccc2c1. The molecule has 0 aliphatic heterocycles. The molecule has 0 radical (unpaired) electrons. The van der Waals surface area contributed by atoms with Gasteiger partial charge in [-0.25, -0.2) is 8.42 Å². The van der Waals surface area contributed by atoms with Crippen LogP contribution >= 0.6 is 0 Å². The molecule has 0 aromatic heterocycles. The Morgan fingerprint density at radius 3 is 1.70 bits per heavy atom. The van der Waals surface area contributed by atoms with E-state index in [1.165, 1.54) is 10.8 Å². The molecule has 0 aliphatic rings. The fourth-order valence-electron chi connectivity index (χ4n) is 1.44. The quantitative estimate of drug-likeness (QED) is 0.348. The van der Waals surface area contributed by atoms with Gasteiger partial charge in [0, 0.05) is 0 Å². The minimum Gasteiger partial charge on any atom is -0.726 e. The van der Waals surface area contributed by atoms with Gasteiger partial charge in [-0.05, 0) is 17.2 Å². The topological polar surface area (TPSA) is 66.4 Å². The largest absolute Gasteiger partial charge is 1.00 e. The van der Waals surface area contributed by atoms with E-state index in [4.69, 9.17) is 0 Å². The number of benzene rings is 2. The number of unbranched alkanes of at least 4 members (excludes halogenated alkanes) is 1. The number of hydrogen-bond donors (Lipinski definition) is 0. The zero-order valence-electron chi connectivity index (χ0n) is 11.8. The van der Waals surface area contributed by atoms with Gasteiger partial charge in [0.2, 0.25) is 10.4 Å². The third kappa shape index (κ3) is 8.68. The van der Waals surface area contributed by atoms with E-state index >= 15 is 0 Å². The maximum Gasteiger partial charge on any atom is 1.00 e. The van der Waals surface area contributed by atoms with Crippen LogP contribution < -0.4 is 29.6 Å². The first-order chi connectivity index (χ1) is 9.03. The standard InChI is InChI=1S/C10H8.C4H10O4S.Na/c1-2-6-10-8-4-3-7-9(10)5-1;1-2-3-4-8-9(5,6)7;/h1-8H;2-4H2,1H3,(H,5,6,7);/q;;+1/p-1. The van der Waals surface area contributed by atoms with Gasteiger partial charge >= 0.3 is 29.6 Å². The van der Waals surface area contributed by atoms with Gasteiger partial charge in [-0.1, -0.05) is 61.9 Å². The van der Waals surface area contributed by atoms with Crippen LogP contribution in [0.15, 0.2) is 48.5 Å². The summed E-state index contributed by atoms with van der Waals surface area (Å²) in [5, 5.41) is 2.62. The van der Waals surface area contributed by atoms with Gasteiger partial charge in [0.05, 0.1) is 6.61 Å². The zero-order valence-corrected chi connectivity index (χ0v) is 14.6. The minimum absolute atomic E-state index is 0. The predicted molar refractivity (Wildman–Crippen MR) is 74.5 cm³/mol. The van der Waals surface area contributed by atoms with Gasteiger partial charge in [-0.2, -0.15) is 0 Å². The second kappa shape index (κ2) is 10.3. The summed E-state index contributed by atoms with van der Waals surface area (Å²) in [6.45, 7) is 1.88. The summed E-state index contributed by atoms with van der Waals surface area (Å²) in [6.07, 6.45) is 1.41. The van der Waals surface area contributed by atoms with Crippen LogP contribution in [-0.4, -0.2) is 19.6 Å². The predicted octanol–water partition coefficient (Wildman–Crippen LogP) is 0.107. The molecule has 0 amide bonds. The molecule has 0 saturated heterocycles. The van der Waals surface area contributed by atoms with Crippen LogP contribution in [0, 0.1) is 0 Å². The number of hydrogen-bond acceptors (Lipinski definition) is 4. The molecule has 4 nitrogen and oxygen atoms in total. The smallest absolute Gasteiger partial charge is 0.726 e. The summed E-state index contributed by atoms with van der Waals surface area (Å²) >= 11 is 0. The summed E-state index contributed by atoms with van der Waals surface area (Å²) in [5.41, 5.74) is 0. The van der Waals surface area contributed by atoms with E-state index in [0.29, 0.717) is 6.42 Å². The van der Waals surface area contributed by atoms with Crippen molar-refractivity contribution in [1.82, 2.24) is 0 Å². The van der Waals surface area contributed by atoms with E-state index in [0.717, 1.165) is 6.42 Å². The molecule has 6 heteroatoms. The molecule has 0 spiro atoms. The molecule has 0 heterocycles. The maximum absolute atomic E-state index is 9.73. The molecule has 0 unspecified atom stereocenters. The third-order valence-electron chi connectivity index (χ3n) is 2.38. The Bertz CT molecular complexity index is 533. The monoisotopic (exact) mass is 304 g/mol. The fraction of sp³-hybridized carbons (Fsp3) is 0.286. The fourth-order valence-corrected chi connectivity index (χ4v) is 1.76. The Balaban J connectivity index is 0.000000347. The number of rotatable bonds is 4. The average Bonchev–Trinajstić information content (AvgIpc) is 2.39. The van der Waals surface area contributed by atoms with E-state index in [9.17, 15) is 13.0 Å². The average molecular weight is 304 g/mol. The van der Waals surface area contributed by atoms with Gasteiger partial charge < -0.3 is 4.55 Å². The van der Waals surface area contributed by atoms with Gasteiger partial charge in [-0.3, -0.25) is 4.18 Å². The Labute approximate surface area is 142 Å². The molecule has 0 bridgehead atoms. The molecule has 0 atom stereocenters. The molecule has 104 valence electrons. The summed E-state index contributed by atoms with van der Waals surface area (Å²) in [4.78, 5) is 0. The van der Waals surface area contributed by atoms with Crippen molar-refractivity contribution in [2.24, 2.45) is 0 Å². The summed E-state index contributed by atoms with van der Waals surface area (Å²) in [7, 11) is -4.45. The molecule has 0 N–H and O–H groups in total. The molecule has 20 heavy (non-hydrogen) atoms. The first-order valence-electron chi connectivity index (χ1n) is 6.07. The molecule has 0 saturated carbocycles. The van der Waals surface area contributed by atoms with Crippen molar-refractivity contribution in [3.63, 3.8) is 0 Å². The normalized spacial score (nSPS) is 10.3. The maximum atomic E-state index is 9.73. The Kier molecular flexibility index (Phi) is 10.1. The van der Waals surface area contributed by atoms with E-state index in [1.807, 2.05) is 6.92 Å². The third-order valence-corrected chi connectivity index (χ3v) is 2.84. The van der Waals surface area contributed by atoms with Crippen molar-refractivity contribution in [1.29, 1.82) is 0 Å². The molecule has 2 aromatic rings. The van der Waals surface area contributed by atoms with Gasteiger partial charge in [0.1, 0.15) is 0 Å². The molecule has 2 rings (SSSR count). The van der Waals surface area contributed by atoms with E-state index in [-0.39, 0.29) is 36.2 Å². The van der Waals surface area contributed by atoms with Gasteiger partial charge in [0.25, 0.3) is 0 Å². The second-order valence-electron chi connectivity index (χ2n) is 3.93. The number of fused-ring (bicyclic) bond motifs is 1. The van der Waals surface area contributed by atoms with E-state index in [1.54, 1.807) is 0 Å². The zero-order chi connectivity index (χ0) is 14.1. The van der Waals surface area contributed by atoms with Crippen molar-refractivity contribution >= 4 is 21.2 Å². The van der Waals surface area contributed by atoms with Gasteiger partial charge in [0.15, 0.2) is 0 Å². The van der Waals surface area contributed by atoms with E-state index < -0.39 is 10.4 Å². The van der Waals surface area contributed by atoms with Crippen LogP contribution in [0.3, 0.4) is 0 Å². The van der Waals surface area contributed by atoms with Crippen LogP contribution in [0.25, 0.3) is 10.8 Å². The van der Waals surface area contributed by atoms with E-state index in [2.05, 4.69) is 52.7 Å². The van der Waals surface area contributed by atoms with Crippen LogP contribution in [0.4, 0.5) is 0 Å². The summed E-state index contributed by atoms with van der Waals surface area (Å²) in [5.74, 6) is 0. The molecular formula is C14H17NaO4S. The van der Waals surface area contributed by atoms with Crippen molar-refractivity contribution in [2.45, 2.75) is 19.8 Å². The molecular weight excluding hydrogens is 287 g/mol. The Hall–Kier alpha value is -0.430. The molecule has 2 aromatic carbocycles. The second-order valence-corrected chi connectivity index (χ2v) is 4.98. The van der Waals surface area contributed by atoms with Crippen LogP contribution in [0.1, 0.15) is 19.8 Å². The van der Waals surface area contributed by atoms with Crippen LogP contribution in [0.5, 0.6) is 0 Å². The molecule has 0 aliphatic carbocycles. The van der Waals surface area contributed by atoms with Crippen molar-refractivity contribution < 1.29 is 46.7 Å². The van der Waals surface area contributed by atoms with Crippen molar-refractivity contribution in [3.8, 4) is 0 Å². The Morgan fingerprint density at radius 1 is 1.00 bits per heavy atom. The Morgan fingerprint density at radius 2 is 1.40 bits per heavy atom. The first-order valence-corrected chi connectivity index (χ1v) is 7.40. The van der Waals surface area contributed by atoms with Gasteiger partial charge in [-0.15, -0.1) is 0 Å². The van der Waals surface area contributed by atoms with Crippen molar-refractivity contribution in [3.05, 3.63) is 48.5 Å². The minimum atomic E-state index is -4.45.